The molecule has 0 spiro atoms. The Labute approximate surface area is 89.2 Å². The highest BCUT2D eigenvalue weighted by Crippen LogP contribution is 2.28. The third kappa shape index (κ3) is 2.48. The van der Waals surface area contributed by atoms with E-state index < -0.39 is 0 Å². The zero-order valence-electron chi connectivity index (χ0n) is 8.71. The van der Waals surface area contributed by atoms with Gasteiger partial charge in [-0.1, -0.05) is 6.42 Å². The van der Waals surface area contributed by atoms with Crippen molar-refractivity contribution in [2.75, 3.05) is 6.61 Å². The minimum absolute atomic E-state index is 0.258. The molecule has 1 aliphatic rings. The van der Waals surface area contributed by atoms with Crippen LogP contribution in [0.5, 0.6) is 5.75 Å². The van der Waals surface area contributed by atoms with Crippen LogP contribution in [0.4, 0.5) is 4.39 Å². The monoisotopic (exact) mass is 209 g/mol. The van der Waals surface area contributed by atoms with Gasteiger partial charge in [-0.2, -0.15) is 0 Å². The van der Waals surface area contributed by atoms with Gasteiger partial charge in [-0.3, -0.25) is 0 Å². The molecular formula is C12H16FNO. The Morgan fingerprint density at radius 3 is 2.80 bits per heavy atom. The highest BCUT2D eigenvalue weighted by molar-refractivity contribution is 5.33. The summed E-state index contributed by atoms with van der Waals surface area (Å²) in [4.78, 5) is 0. The van der Waals surface area contributed by atoms with E-state index in [4.69, 9.17) is 10.5 Å². The van der Waals surface area contributed by atoms with Gasteiger partial charge in [0.25, 0.3) is 0 Å². The average Bonchev–Trinajstić information content (AvgIpc) is 2.17. The average molecular weight is 209 g/mol. The summed E-state index contributed by atoms with van der Waals surface area (Å²) >= 11 is 0. The molecule has 1 saturated carbocycles. The summed E-state index contributed by atoms with van der Waals surface area (Å²) in [7, 11) is 0. The Morgan fingerprint density at radius 1 is 1.40 bits per heavy atom. The highest BCUT2D eigenvalue weighted by Gasteiger charge is 2.18. The minimum atomic E-state index is -0.258. The molecule has 15 heavy (non-hydrogen) atoms. The molecule has 0 aliphatic heterocycles. The van der Waals surface area contributed by atoms with Crippen molar-refractivity contribution in [2.45, 2.75) is 25.8 Å². The molecule has 1 fully saturated rings. The van der Waals surface area contributed by atoms with Crippen molar-refractivity contribution >= 4 is 0 Å². The van der Waals surface area contributed by atoms with E-state index in [1.807, 2.05) is 0 Å². The fourth-order valence-electron chi connectivity index (χ4n) is 1.72. The maximum absolute atomic E-state index is 12.9. The van der Waals surface area contributed by atoms with Gasteiger partial charge in [-0.25, -0.2) is 4.39 Å². The number of nitrogens with two attached hydrogens (primary N) is 1. The van der Waals surface area contributed by atoms with Gasteiger partial charge in [0, 0.05) is 12.1 Å². The van der Waals surface area contributed by atoms with Crippen molar-refractivity contribution in [1.29, 1.82) is 0 Å². The second-order valence-electron chi connectivity index (χ2n) is 4.06. The van der Waals surface area contributed by atoms with E-state index in [1.165, 1.54) is 31.4 Å². The number of benzene rings is 1. The normalized spacial score (nSPS) is 16.1. The molecule has 2 N–H and O–H groups in total. The van der Waals surface area contributed by atoms with Crippen LogP contribution < -0.4 is 10.5 Å². The standard InChI is InChI=1S/C12H16FNO/c13-11-4-5-12(10(6-11)7-14)15-8-9-2-1-3-9/h4-6,9H,1-3,7-8,14H2. The Kier molecular flexibility index (Phi) is 3.21. The lowest BCUT2D eigenvalue weighted by atomic mass is 9.86. The topological polar surface area (TPSA) is 35.2 Å². The number of rotatable bonds is 4. The van der Waals surface area contributed by atoms with Crippen LogP contribution in [0.2, 0.25) is 0 Å². The van der Waals surface area contributed by atoms with Gasteiger partial charge in [-0.05, 0) is 37.0 Å². The Hall–Kier alpha value is -1.09. The Bertz CT molecular complexity index is 336. The van der Waals surface area contributed by atoms with E-state index in [0.29, 0.717) is 12.5 Å². The first-order valence-corrected chi connectivity index (χ1v) is 5.41. The summed E-state index contributed by atoms with van der Waals surface area (Å²) in [5.41, 5.74) is 6.27. The van der Waals surface area contributed by atoms with Gasteiger partial charge in [0.15, 0.2) is 0 Å². The minimum Gasteiger partial charge on any atom is -0.493 e. The first-order chi connectivity index (χ1) is 7.29. The number of hydrogen-bond acceptors (Lipinski definition) is 2. The molecule has 0 heterocycles. The molecule has 0 saturated heterocycles. The smallest absolute Gasteiger partial charge is 0.123 e. The third-order valence-electron chi connectivity index (χ3n) is 2.94. The molecule has 0 unspecified atom stereocenters. The van der Waals surface area contributed by atoms with Crippen LogP contribution in [0, 0.1) is 11.7 Å². The van der Waals surface area contributed by atoms with Crippen molar-refractivity contribution in [3.05, 3.63) is 29.6 Å². The number of ether oxygens (including phenoxy) is 1. The van der Waals surface area contributed by atoms with Crippen molar-refractivity contribution in [3.63, 3.8) is 0 Å². The summed E-state index contributed by atoms with van der Waals surface area (Å²) in [6.07, 6.45) is 3.81. The molecule has 3 heteroatoms. The molecule has 1 aromatic carbocycles. The fraction of sp³-hybridized carbons (Fsp3) is 0.500. The Morgan fingerprint density at radius 2 is 2.20 bits per heavy atom. The lowest BCUT2D eigenvalue weighted by Gasteiger charge is -2.25. The van der Waals surface area contributed by atoms with Crippen molar-refractivity contribution < 1.29 is 9.13 Å². The van der Waals surface area contributed by atoms with E-state index in [-0.39, 0.29) is 5.82 Å². The van der Waals surface area contributed by atoms with E-state index in [1.54, 1.807) is 6.07 Å². The first-order valence-electron chi connectivity index (χ1n) is 5.41. The molecule has 82 valence electrons. The van der Waals surface area contributed by atoms with Gasteiger partial charge >= 0.3 is 0 Å². The lowest BCUT2D eigenvalue weighted by molar-refractivity contribution is 0.179. The quantitative estimate of drug-likeness (QED) is 0.826. The van der Waals surface area contributed by atoms with Crippen LogP contribution in [0.1, 0.15) is 24.8 Å². The summed E-state index contributed by atoms with van der Waals surface area (Å²) in [5.74, 6) is 1.15. The van der Waals surface area contributed by atoms with Crippen molar-refractivity contribution in [3.8, 4) is 5.75 Å². The summed E-state index contributed by atoms with van der Waals surface area (Å²) in [6.45, 7) is 1.05. The van der Waals surface area contributed by atoms with Gasteiger partial charge < -0.3 is 10.5 Å². The molecule has 0 radical (unpaired) electrons. The fourth-order valence-corrected chi connectivity index (χ4v) is 1.72. The third-order valence-corrected chi connectivity index (χ3v) is 2.94. The molecule has 1 aliphatic carbocycles. The maximum Gasteiger partial charge on any atom is 0.123 e. The van der Waals surface area contributed by atoms with Gasteiger partial charge in [-0.15, -0.1) is 0 Å². The van der Waals surface area contributed by atoms with E-state index in [2.05, 4.69) is 0 Å². The van der Waals surface area contributed by atoms with Crippen LogP contribution in [0.25, 0.3) is 0 Å². The summed E-state index contributed by atoms with van der Waals surface area (Å²) in [5, 5.41) is 0. The SMILES string of the molecule is NCc1cc(F)ccc1OCC1CCC1. The van der Waals surface area contributed by atoms with Gasteiger partial charge in [0.05, 0.1) is 6.61 Å². The second-order valence-corrected chi connectivity index (χ2v) is 4.06. The molecule has 0 amide bonds. The van der Waals surface area contributed by atoms with Crippen LogP contribution in [0.15, 0.2) is 18.2 Å². The molecular weight excluding hydrogens is 193 g/mol. The summed E-state index contributed by atoms with van der Waals surface area (Å²) < 4.78 is 18.5. The van der Waals surface area contributed by atoms with Gasteiger partial charge in [0.2, 0.25) is 0 Å². The van der Waals surface area contributed by atoms with Crippen LogP contribution in [0.3, 0.4) is 0 Å². The highest BCUT2D eigenvalue weighted by atomic mass is 19.1. The van der Waals surface area contributed by atoms with Crippen molar-refractivity contribution in [2.24, 2.45) is 11.7 Å². The van der Waals surface area contributed by atoms with Crippen LogP contribution in [-0.2, 0) is 6.54 Å². The first kappa shape index (κ1) is 10.4. The molecule has 2 nitrogen and oxygen atoms in total. The summed E-state index contributed by atoms with van der Waals surface area (Å²) in [6, 6.07) is 4.52. The van der Waals surface area contributed by atoms with E-state index in [0.717, 1.165) is 17.9 Å². The van der Waals surface area contributed by atoms with Crippen LogP contribution >= 0.6 is 0 Å². The predicted molar refractivity (Wildman–Crippen MR) is 57.1 cm³/mol. The van der Waals surface area contributed by atoms with E-state index >= 15 is 0 Å². The predicted octanol–water partition coefficient (Wildman–Crippen LogP) is 2.46. The van der Waals surface area contributed by atoms with Crippen molar-refractivity contribution in [1.82, 2.24) is 0 Å². The number of halogens is 1. The molecule has 0 atom stereocenters. The zero-order chi connectivity index (χ0) is 10.7. The van der Waals surface area contributed by atoms with E-state index in [9.17, 15) is 4.39 Å². The maximum atomic E-state index is 12.9. The lowest BCUT2D eigenvalue weighted by Crippen LogP contribution is -2.19. The zero-order valence-corrected chi connectivity index (χ0v) is 8.71. The molecule has 0 bridgehead atoms. The second kappa shape index (κ2) is 4.62. The number of hydrogen-bond donors (Lipinski definition) is 1. The Balaban J connectivity index is 1.99. The molecule has 1 aromatic rings. The molecule has 2 rings (SSSR count). The molecule has 0 aromatic heterocycles. The largest absolute Gasteiger partial charge is 0.493 e. The van der Waals surface area contributed by atoms with Gasteiger partial charge in [0.1, 0.15) is 11.6 Å². The van der Waals surface area contributed by atoms with Crippen LogP contribution in [-0.4, -0.2) is 6.61 Å².